The Bertz CT molecular complexity index is 1130. The van der Waals surface area contributed by atoms with Gasteiger partial charge in [-0.25, -0.2) is 9.59 Å². The van der Waals surface area contributed by atoms with Crippen molar-refractivity contribution in [3.8, 4) is 5.75 Å². The van der Waals surface area contributed by atoms with Crippen LogP contribution in [0.4, 0.5) is 0 Å². The molecule has 31 heavy (non-hydrogen) atoms. The van der Waals surface area contributed by atoms with Gasteiger partial charge in [0.15, 0.2) is 6.61 Å². The van der Waals surface area contributed by atoms with Gasteiger partial charge in [-0.2, -0.15) is 0 Å². The highest BCUT2D eigenvalue weighted by molar-refractivity contribution is 5.91. The van der Waals surface area contributed by atoms with Gasteiger partial charge in [0.2, 0.25) is 0 Å². The molecule has 0 aliphatic heterocycles. The van der Waals surface area contributed by atoms with Crippen LogP contribution in [0.1, 0.15) is 41.8 Å². The summed E-state index contributed by atoms with van der Waals surface area (Å²) in [6.45, 7) is 5.65. The summed E-state index contributed by atoms with van der Waals surface area (Å²) in [5, 5.41) is 3.59. The van der Waals surface area contributed by atoms with Crippen LogP contribution in [-0.2, 0) is 16.1 Å². The number of hydrogen-bond donors (Lipinski definition) is 1. The van der Waals surface area contributed by atoms with Crippen molar-refractivity contribution >= 4 is 22.8 Å². The number of esters is 1. The second kappa shape index (κ2) is 9.93. The van der Waals surface area contributed by atoms with Gasteiger partial charge in [-0.3, -0.25) is 4.79 Å². The first-order valence-electron chi connectivity index (χ1n) is 10.1. The third kappa shape index (κ3) is 5.94. The molecular weight excluding hydrogens is 398 g/mol. The molecule has 0 bridgehead atoms. The van der Waals surface area contributed by atoms with E-state index in [1.165, 1.54) is 6.07 Å². The molecule has 0 aliphatic rings. The summed E-state index contributed by atoms with van der Waals surface area (Å²) in [4.78, 5) is 35.4. The van der Waals surface area contributed by atoms with Crippen LogP contribution in [0.25, 0.3) is 11.0 Å². The molecule has 1 aromatic heterocycles. The van der Waals surface area contributed by atoms with Crippen LogP contribution in [0.3, 0.4) is 0 Å². The molecule has 7 nitrogen and oxygen atoms in total. The van der Waals surface area contributed by atoms with Gasteiger partial charge in [0.25, 0.3) is 5.91 Å². The molecule has 1 N–H and O–H groups in total. The minimum atomic E-state index is -0.563. The van der Waals surface area contributed by atoms with E-state index in [0.717, 1.165) is 22.9 Å². The Morgan fingerprint density at radius 2 is 1.84 bits per heavy atom. The van der Waals surface area contributed by atoms with Crippen LogP contribution in [0.5, 0.6) is 5.75 Å². The second-order valence-corrected chi connectivity index (χ2v) is 7.34. The maximum Gasteiger partial charge on any atom is 0.338 e. The number of carbonyl (C=O) groups is 2. The summed E-state index contributed by atoms with van der Waals surface area (Å²) < 4.78 is 16.1. The standard InChI is InChI=1S/C24H25NO6/c1-4-16(3)25-22(26)14-30-24(28)18-7-5-17(6-8-18)13-29-19-9-10-20-15(2)11-23(27)31-21(20)12-19/h5-12,16H,4,13-14H2,1-3H3,(H,25,26)/t16-/m1/s1. The van der Waals surface area contributed by atoms with Crippen LogP contribution in [0.15, 0.2) is 57.7 Å². The number of nitrogens with one attached hydrogen (secondary N) is 1. The molecule has 1 amide bonds. The molecule has 0 aliphatic carbocycles. The number of aryl methyl sites for hydroxylation is 1. The van der Waals surface area contributed by atoms with E-state index < -0.39 is 11.6 Å². The summed E-state index contributed by atoms with van der Waals surface area (Å²) in [6, 6.07) is 13.6. The van der Waals surface area contributed by atoms with Gasteiger partial charge in [0.05, 0.1) is 5.56 Å². The van der Waals surface area contributed by atoms with E-state index in [0.29, 0.717) is 16.9 Å². The maximum absolute atomic E-state index is 12.1. The van der Waals surface area contributed by atoms with Crippen molar-refractivity contribution in [1.29, 1.82) is 0 Å². The topological polar surface area (TPSA) is 94.8 Å². The fourth-order valence-electron chi connectivity index (χ4n) is 2.93. The Kier molecular flexibility index (Phi) is 7.07. The normalized spacial score (nSPS) is 11.7. The number of rotatable bonds is 8. The molecule has 0 spiro atoms. The van der Waals surface area contributed by atoms with Crippen molar-refractivity contribution in [1.82, 2.24) is 5.32 Å². The van der Waals surface area contributed by atoms with Crippen molar-refractivity contribution in [2.24, 2.45) is 0 Å². The highest BCUT2D eigenvalue weighted by atomic mass is 16.5. The lowest BCUT2D eigenvalue weighted by atomic mass is 10.1. The summed E-state index contributed by atoms with van der Waals surface area (Å²) >= 11 is 0. The van der Waals surface area contributed by atoms with Gasteiger partial charge in [0, 0.05) is 23.6 Å². The summed E-state index contributed by atoms with van der Waals surface area (Å²) in [5.41, 5.74) is 2.11. The van der Waals surface area contributed by atoms with Gasteiger partial charge in [-0.05, 0) is 55.7 Å². The first-order chi connectivity index (χ1) is 14.9. The highest BCUT2D eigenvalue weighted by Gasteiger charge is 2.12. The van der Waals surface area contributed by atoms with E-state index in [1.807, 2.05) is 32.9 Å². The fourth-order valence-corrected chi connectivity index (χ4v) is 2.93. The first kappa shape index (κ1) is 22.1. The van der Waals surface area contributed by atoms with Crippen molar-refractivity contribution in [3.63, 3.8) is 0 Å². The zero-order valence-corrected chi connectivity index (χ0v) is 17.8. The van der Waals surface area contributed by atoms with Crippen molar-refractivity contribution in [2.75, 3.05) is 6.61 Å². The second-order valence-electron chi connectivity index (χ2n) is 7.34. The Labute approximate surface area is 180 Å². The smallest absolute Gasteiger partial charge is 0.338 e. The van der Waals surface area contributed by atoms with Crippen LogP contribution >= 0.6 is 0 Å². The van der Waals surface area contributed by atoms with Gasteiger partial charge < -0.3 is 19.2 Å². The van der Waals surface area contributed by atoms with E-state index in [-0.39, 0.29) is 25.2 Å². The SMILES string of the molecule is CC[C@@H](C)NC(=O)COC(=O)c1ccc(COc2ccc3c(C)cc(=O)oc3c2)cc1. The number of amides is 1. The van der Waals surface area contributed by atoms with Crippen LogP contribution in [-0.4, -0.2) is 24.5 Å². The molecule has 7 heteroatoms. The lowest BCUT2D eigenvalue weighted by Crippen LogP contribution is -2.35. The van der Waals surface area contributed by atoms with Crippen molar-refractivity contribution in [3.05, 3.63) is 75.6 Å². The van der Waals surface area contributed by atoms with E-state index in [4.69, 9.17) is 13.9 Å². The molecule has 0 radical (unpaired) electrons. The molecular formula is C24H25NO6. The monoisotopic (exact) mass is 423 g/mol. The van der Waals surface area contributed by atoms with Crippen molar-refractivity contribution in [2.45, 2.75) is 39.8 Å². The zero-order valence-electron chi connectivity index (χ0n) is 17.8. The molecule has 3 rings (SSSR count). The predicted octanol–water partition coefficient (Wildman–Crippen LogP) is 3.75. The number of fused-ring (bicyclic) bond motifs is 1. The Morgan fingerprint density at radius 1 is 1.10 bits per heavy atom. The largest absolute Gasteiger partial charge is 0.489 e. The van der Waals surface area contributed by atoms with E-state index in [9.17, 15) is 14.4 Å². The molecule has 1 heterocycles. The molecule has 0 unspecified atom stereocenters. The molecule has 0 saturated heterocycles. The maximum atomic E-state index is 12.1. The average Bonchev–Trinajstić information content (AvgIpc) is 2.75. The first-order valence-corrected chi connectivity index (χ1v) is 10.1. The molecule has 1 atom stereocenters. The summed E-state index contributed by atoms with van der Waals surface area (Å²) in [7, 11) is 0. The fraction of sp³-hybridized carbons (Fsp3) is 0.292. The number of benzene rings is 2. The predicted molar refractivity (Wildman–Crippen MR) is 116 cm³/mol. The molecule has 0 fully saturated rings. The van der Waals surface area contributed by atoms with Crippen molar-refractivity contribution < 1.29 is 23.5 Å². The minimum Gasteiger partial charge on any atom is -0.489 e. The third-order valence-corrected chi connectivity index (χ3v) is 4.87. The van der Waals surface area contributed by atoms with E-state index in [1.54, 1.807) is 30.3 Å². The summed E-state index contributed by atoms with van der Waals surface area (Å²) in [6.07, 6.45) is 0.802. The third-order valence-electron chi connectivity index (χ3n) is 4.87. The molecule has 3 aromatic rings. The van der Waals surface area contributed by atoms with E-state index in [2.05, 4.69) is 5.32 Å². The highest BCUT2D eigenvalue weighted by Crippen LogP contribution is 2.23. The molecule has 162 valence electrons. The van der Waals surface area contributed by atoms with Gasteiger partial charge >= 0.3 is 11.6 Å². The quantitative estimate of drug-likeness (QED) is 0.438. The lowest BCUT2D eigenvalue weighted by molar-refractivity contribution is -0.124. The van der Waals surface area contributed by atoms with Crippen LogP contribution < -0.4 is 15.7 Å². The Balaban J connectivity index is 1.56. The number of carbonyl (C=O) groups excluding carboxylic acids is 2. The van der Waals surface area contributed by atoms with Gasteiger partial charge in [-0.1, -0.05) is 19.1 Å². The lowest BCUT2D eigenvalue weighted by Gasteiger charge is -2.11. The zero-order chi connectivity index (χ0) is 22.4. The van der Waals surface area contributed by atoms with Gasteiger partial charge in [0.1, 0.15) is 17.9 Å². The number of ether oxygens (including phenoxy) is 2. The molecule has 2 aromatic carbocycles. The Morgan fingerprint density at radius 3 is 2.55 bits per heavy atom. The van der Waals surface area contributed by atoms with Crippen LogP contribution in [0.2, 0.25) is 0 Å². The van der Waals surface area contributed by atoms with E-state index >= 15 is 0 Å². The average molecular weight is 423 g/mol. The Hall–Kier alpha value is -3.61. The molecule has 0 saturated carbocycles. The minimum absolute atomic E-state index is 0.0353. The number of hydrogen-bond acceptors (Lipinski definition) is 6. The van der Waals surface area contributed by atoms with Crippen LogP contribution in [0, 0.1) is 6.92 Å². The summed E-state index contributed by atoms with van der Waals surface area (Å²) in [5.74, 6) is -0.321. The van der Waals surface area contributed by atoms with Gasteiger partial charge in [-0.15, -0.1) is 0 Å².